The molecule has 0 bridgehead atoms. The first kappa shape index (κ1) is 19.8. The SMILES string of the molecule is Cc1cc(NC(=O)CN2CCN(c3cnccn3)CC2)n(C2CCS(=O)(=O)C2)n1. The molecule has 2 saturated heterocycles. The summed E-state index contributed by atoms with van der Waals surface area (Å²) in [4.78, 5) is 25.2. The van der Waals surface area contributed by atoms with Crippen molar-refractivity contribution in [1.29, 1.82) is 0 Å². The van der Waals surface area contributed by atoms with E-state index < -0.39 is 9.84 Å². The van der Waals surface area contributed by atoms with Gasteiger partial charge in [-0.05, 0) is 13.3 Å². The minimum atomic E-state index is -3.03. The minimum Gasteiger partial charge on any atom is -0.353 e. The van der Waals surface area contributed by atoms with Crippen LogP contribution in [-0.2, 0) is 14.6 Å². The summed E-state index contributed by atoms with van der Waals surface area (Å²) < 4.78 is 25.3. The third-order valence-electron chi connectivity index (χ3n) is 5.29. The summed E-state index contributed by atoms with van der Waals surface area (Å²) in [5, 5.41) is 7.32. The molecular formula is C18H25N7O3S. The van der Waals surface area contributed by atoms with E-state index in [1.807, 2.05) is 6.92 Å². The molecule has 2 aromatic heterocycles. The first-order chi connectivity index (χ1) is 13.9. The lowest BCUT2D eigenvalue weighted by Crippen LogP contribution is -2.49. The largest absolute Gasteiger partial charge is 0.353 e. The van der Waals surface area contributed by atoms with Crippen LogP contribution >= 0.6 is 0 Å². The van der Waals surface area contributed by atoms with Crippen molar-refractivity contribution in [1.82, 2.24) is 24.6 Å². The van der Waals surface area contributed by atoms with Crippen molar-refractivity contribution in [2.45, 2.75) is 19.4 Å². The van der Waals surface area contributed by atoms with Crippen LogP contribution in [0.2, 0.25) is 0 Å². The molecule has 10 nitrogen and oxygen atoms in total. The highest BCUT2D eigenvalue weighted by atomic mass is 32.2. The number of carbonyl (C=O) groups excluding carboxylic acids is 1. The standard InChI is InChI=1S/C18H25N7O3S/c1-14-10-16(25(22-14)15-2-9-29(27,28)13-15)21-18(26)12-23-5-7-24(8-6-23)17-11-19-3-4-20-17/h3-4,10-11,15H,2,5-9,12-13H2,1H3,(H,21,26). The number of anilines is 2. The maximum atomic E-state index is 12.6. The van der Waals surface area contributed by atoms with E-state index in [2.05, 4.69) is 30.2 Å². The molecule has 2 aromatic rings. The molecule has 0 radical (unpaired) electrons. The smallest absolute Gasteiger partial charge is 0.239 e. The molecule has 1 amide bonds. The third-order valence-corrected chi connectivity index (χ3v) is 7.04. The first-order valence-corrected chi connectivity index (χ1v) is 11.5. The second-order valence-corrected chi connectivity index (χ2v) is 9.78. The van der Waals surface area contributed by atoms with Gasteiger partial charge in [0.05, 0.1) is 36.0 Å². The van der Waals surface area contributed by atoms with Gasteiger partial charge < -0.3 is 10.2 Å². The Kier molecular flexibility index (Phi) is 5.50. The predicted octanol–water partition coefficient (Wildman–Crippen LogP) is 0.102. The van der Waals surface area contributed by atoms with E-state index in [-0.39, 0.29) is 30.0 Å². The highest BCUT2D eigenvalue weighted by Crippen LogP contribution is 2.27. The van der Waals surface area contributed by atoms with Crippen molar-refractivity contribution < 1.29 is 13.2 Å². The van der Waals surface area contributed by atoms with Crippen LogP contribution in [0.4, 0.5) is 11.6 Å². The van der Waals surface area contributed by atoms with E-state index in [9.17, 15) is 13.2 Å². The van der Waals surface area contributed by atoms with Gasteiger partial charge >= 0.3 is 0 Å². The van der Waals surface area contributed by atoms with Crippen LogP contribution in [-0.4, -0.2) is 83.2 Å². The zero-order valence-electron chi connectivity index (χ0n) is 16.4. The molecule has 1 atom stereocenters. The number of nitrogens with one attached hydrogen (secondary N) is 1. The highest BCUT2D eigenvalue weighted by molar-refractivity contribution is 7.91. The number of aryl methyl sites for hydroxylation is 1. The predicted molar refractivity (Wildman–Crippen MR) is 109 cm³/mol. The summed E-state index contributed by atoms with van der Waals surface area (Å²) in [7, 11) is -3.03. The molecule has 156 valence electrons. The molecule has 29 heavy (non-hydrogen) atoms. The van der Waals surface area contributed by atoms with Crippen LogP contribution < -0.4 is 10.2 Å². The van der Waals surface area contributed by atoms with Crippen molar-refractivity contribution in [2.75, 3.05) is 54.4 Å². The lowest BCUT2D eigenvalue weighted by atomic mass is 10.3. The average molecular weight is 420 g/mol. The molecular weight excluding hydrogens is 394 g/mol. The quantitative estimate of drug-likeness (QED) is 0.726. The Balaban J connectivity index is 1.33. The van der Waals surface area contributed by atoms with Crippen LogP contribution in [0.3, 0.4) is 0 Å². The normalized spacial score (nSPS) is 22.0. The van der Waals surface area contributed by atoms with E-state index in [0.717, 1.165) is 37.7 Å². The van der Waals surface area contributed by atoms with Gasteiger partial charge in [-0.15, -0.1) is 0 Å². The summed E-state index contributed by atoms with van der Waals surface area (Å²) in [5.74, 6) is 1.52. The van der Waals surface area contributed by atoms with E-state index in [1.165, 1.54) is 0 Å². The topological polar surface area (TPSA) is 113 Å². The average Bonchev–Trinajstić information content (AvgIpc) is 3.24. The molecule has 11 heteroatoms. The molecule has 4 heterocycles. The number of carbonyl (C=O) groups is 1. The van der Waals surface area contributed by atoms with Crippen LogP contribution in [0.25, 0.3) is 0 Å². The Morgan fingerprint density at radius 3 is 2.69 bits per heavy atom. The van der Waals surface area contributed by atoms with Gasteiger partial charge in [-0.25, -0.2) is 18.1 Å². The summed E-state index contributed by atoms with van der Waals surface area (Å²) >= 11 is 0. The summed E-state index contributed by atoms with van der Waals surface area (Å²) in [6, 6.07) is 1.56. The monoisotopic (exact) mass is 419 g/mol. The van der Waals surface area contributed by atoms with Crippen LogP contribution in [0.1, 0.15) is 18.2 Å². The Morgan fingerprint density at radius 1 is 1.24 bits per heavy atom. The van der Waals surface area contributed by atoms with Crippen LogP contribution in [0.5, 0.6) is 0 Å². The van der Waals surface area contributed by atoms with Gasteiger partial charge in [0.1, 0.15) is 11.6 Å². The fraction of sp³-hybridized carbons (Fsp3) is 0.556. The van der Waals surface area contributed by atoms with E-state index in [4.69, 9.17) is 0 Å². The first-order valence-electron chi connectivity index (χ1n) is 9.69. The van der Waals surface area contributed by atoms with Gasteiger partial charge in [-0.1, -0.05) is 0 Å². The van der Waals surface area contributed by atoms with Gasteiger partial charge in [-0.2, -0.15) is 5.10 Å². The van der Waals surface area contributed by atoms with E-state index in [1.54, 1.807) is 29.3 Å². The molecule has 2 aliphatic heterocycles. The van der Waals surface area contributed by atoms with Gasteiger partial charge in [0.2, 0.25) is 5.91 Å². The minimum absolute atomic E-state index is 0.0708. The van der Waals surface area contributed by atoms with Gasteiger partial charge in [0.25, 0.3) is 0 Å². The summed E-state index contributed by atoms with van der Waals surface area (Å²) in [6.45, 7) is 5.18. The summed E-state index contributed by atoms with van der Waals surface area (Å²) in [5.41, 5.74) is 0.752. The van der Waals surface area contributed by atoms with Gasteiger partial charge in [0.15, 0.2) is 9.84 Å². The number of hydrogen-bond acceptors (Lipinski definition) is 8. The fourth-order valence-electron chi connectivity index (χ4n) is 3.83. The van der Waals surface area contributed by atoms with E-state index >= 15 is 0 Å². The van der Waals surface area contributed by atoms with E-state index in [0.29, 0.717) is 12.2 Å². The van der Waals surface area contributed by atoms with Crippen LogP contribution in [0.15, 0.2) is 24.7 Å². The fourth-order valence-corrected chi connectivity index (χ4v) is 5.52. The Morgan fingerprint density at radius 2 is 2.03 bits per heavy atom. The molecule has 0 saturated carbocycles. The number of rotatable bonds is 5. The molecule has 4 rings (SSSR count). The molecule has 0 aliphatic carbocycles. The number of aromatic nitrogens is 4. The lowest BCUT2D eigenvalue weighted by molar-refractivity contribution is -0.117. The molecule has 2 aliphatic rings. The molecule has 1 N–H and O–H groups in total. The zero-order valence-corrected chi connectivity index (χ0v) is 17.2. The highest BCUT2D eigenvalue weighted by Gasteiger charge is 2.31. The molecule has 0 aromatic carbocycles. The number of sulfone groups is 1. The zero-order chi connectivity index (χ0) is 20.4. The van der Waals surface area contributed by atoms with Crippen molar-refractivity contribution >= 4 is 27.4 Å². The number of amides is 1. The Bertz CT molecular complexity index is 969. The van der Waals surface area contributed by atoms with Crippen molar-refractivity contribution in [3.05, 3.63) is 30.4 Å². The maximum Gasteiger partial charge on any atom is 0.239 e. The summed E-state index contributed by atoms with van der Waals surface area (Å²) in [6.07, 6.45) is 5.60. The third kappa shape index (κ3) is 4.73. The number of piperazine rings is 1. The molecule has 1 unspecified atom stereocenters. The maximum absolute atomic E-state index is 12.6. The van der Waals surface area contributed by atoms with Gasteiger partial charge in [-0.3, -0.25) is 14.7 Å². The van der Waals surface area contributed by atoms with Crippen LogP contribution in [0, 0.1) is 6.92 Å². The second kappa shape index (κ2) is 8.07. The van der Waals surface area contributed by atoms with Gasteiger partial charge in [0, 0.05) is 44.6 Å². The molecule has 0 spiro atoms. The van der Waals surface area contributed by atoms with Crippen molar-refractivity contribution in [3.63, 3.8) is 0 Å². The number of hydrogen-bond donors (Lipinski definition) is 1. The lowest BCUT2D eigenvalue weighted by Gasteiger charge is -2.34. The Labute approximate surface area is 169 Å². The molecule has 2 fully saturated rings. The Hall–Kier alpha value is -2.53. The number of nitrogens with zero attached hydrogens (tertiary/aromatic N) is 6. The second-order valence-electron chi connectivity index (χ2n) is 7.55. The van der Waals surface area contributed by atoms with Crippen molar-refractivity contribution in [2.24, 2.45) is 0 Å². The van der Waals surface area contributed by atoms with Crippen molar-refractivity contribution in [3.8, 4) is 0 Å².